The van der Waals surface area contributed by atoms with Gasteiger partial charge in [-0.15, -0.1) is 0 Å². The summed E-state index contributed by atoms with van der Waals surface area (Å²) in [6.45, 7) is 2.11. The van der Waals surface area contributed by atoms with Crippen LogP contribution in [0.3, 0.4) is 0 Å². The van der Waals surface area contributed by atoms with Gasteiger partial charge < -0.3 is 10.0 Å². The SMILES string of the molecule is CN1CCC(O)CC1.[V]. The Labute approximate surface area is 68.1 Å². The summed E-state index contributed by atoms with van der Waals surface area (Å²) in [5, 5.41) is 9.00. The van der Waals surface area contributed by atoms with Crippen molar-refractivity contribution in [3.05, 3.63) is 0 Å². The fourth-order valence-electron chi connectivity index (χ4n) is 0.995. The Morgan fingerprint density at radius 1 is 1.33 bits per heavy atom. The summed E-state index contributed by atoms with van der Waals surface area (Å²) in [6.07, 6.45) is 1.89. The van der Waals surface area contributed by atoms with Crippen molar-refractivity contribution in [1.82, 2.24) is 4.90 Å². The molecule has 53 valence electrons. The average Bonchev–Trinajstić information content (AvgIpc) is 1.77. The van der Waals surface area contributed by atoms with Crippen LogP contribution >= 0.6 is 0 Å². The first-order valence-corrected chi connectivity index (χ1v) is 3.15. The first-order chi connectivity index (χ1) is 3.79. The summed E-state index contributed by atoms with van der Waals surface area (Å²) in [5.41, 5.74) is 0. The van der Waals surface area contributed by atoms with Crippen LogP contribution in [0.25, 0.3) is 0 Å². The molecule has 0 unspecified atom stereocenters. The molecule has 3 heteroatoms. The third-order valence-corrected chi connectivity index (χ3v) is 1.69. The first-order valence-electron chi connectivity index (χ1n) is 3.15. The van der Waals surface area contributed by atoms with E-state index in [0.29, 0.717) is 0 Å². The normalized spacial score (nSPS) is 23.3. The standard InChI is InChI=1S/C6H13NO.V/c1-7-4-2-6(8)3-5-7;/h6,8H,2-5H2,1H3;. The Hall–Kier alpha value is 0.504. The Kier molecular flexibility index (Phi) is 4.58. The van der Waals surface area contributed by atoms with E-state index < -0.39 is 0 Å². The maximum atomic E-state index is 9.00. The predicted molar refractivity (Wildman–Crippen MR) is 32.7 cm³/mol. The number of rotatable bonds is 0. The van der Waals surface area contributed by atoms with Crippen LogP contribution < -0.4 is 0 Å². The molecule has 1 fully saturated rings. The largest absolute Gasteiger partial charge is 0.393 e. The van der Waals surface area contributed by atoms with Crippen LogP contribution in [0.2, 0.25) is 0 Å². The van der Waals surface area contributed by atoms with Crippen LogP contribution in [-0.2, 0) is 18.6 Å². The average molecular weight is 166 g/mol. The van der Waals surface area contributed by atoms with Crippen LogP contribution in [0.5, 0.6) is 0 Å². The fourth-order valence-corrected chi connectivity index (χ4v) is 0.995. The quantitative estimate of drug-likeness (QED) is 0.550. The number of aliphatic hydroxyl groups is 1. The van der Waals surface area contributed by atoms with Crippen molar-refractivity contribution in [1.29, 1.82) is 0 Å². The van der Waals surface area contributed by atoms with Gasteiger partial charge in [0.1, 0.15) is 0 Å². The van der Waals surface area contributed by atoms with Crippen molar-refractivity contribution in [3.8, 4) is 0 Å². The van der Waals surface area contributed by atoms with Gasteiger partial charge in [-0.3, -0.25) is 0 Å². The zero-order valence-corrected chi connectivity index (χ0v) is 7.14. The second-order valence-electron chi connectivity index (χ2n) is 2.53. The number of hydrogen-bond donors (Lipinski definition) is 1. The van der Waals surface area contributed by atoms with Crippen molar-refractivity contribution in [2.75, 3.05) is 20.1 Å². The van der Waals surface area contributed by atoms with Gasteiger partial charge in [0.2, 0.25) is 0 Å². The molecule has 0 spiro atoms. The van der Waals surface area contributed by atoms with E-state index in [1.54, 1.807) is 0 Å². The van der Waals surface area contributed by atoms with E-state index in [4.69, 9.17) is 5.11 Å². The molecule has 1 heterocycles. The van der Waals surface area contributed by atoms with E-state index in [1.807, 2.05) is 0 Å². The van der Waals surface area contributed by atoms with Crippen LogP contribution in [0.4, 0.5) is 0 Å². The molecule has 1 N–H and O–H groups in total. The van der Waals surface area contributed by atoms with Crippen molar-refractivity contribution in [3.63, 3.8) is 0 Å². The molecule has 9 heavy (non-hydrogen) atoms. The van der Waals surface area contributed by atoms with Crippen molar-refractivity contribution < 1.29 is 23.7 Å². The third kappa shape index (κ3) is 3.26. The Morgan fingerprint density at radius 3 is 2.11 bits per heavy atom. The zero-order chi connectivity index (χ0) is 5.98. The summed E-state index contributed by atoms with van der Waals surface area (Å²) in [7, 11) is 2.09. The van der Waals surface area contributed by atoms with Gasteiger partial charge in [-0.05, 0) is 19.9 Å². The molecule has 0 atom stereocenters. The van der Waals surface area contributed by atoms with Gasteiger partial charge >= 0.3 is 0 Å². The smallest absolute Gasteiger partial charge is 0.0564 e. The van der Waals surface area contributed by atoms with Crippen molar-refractivity contribution >= 4 is 0 Å². The number of likely N-dealkylation sites (tertiary alicyclic amines) is 1. The molecule has 1 rings (SSSR count). The second-order valence-corrected chi connectivity index (χ2v) is 2.53. The van der Waals surface area contributed by atoms with Gasteiger partial charge in [0.05, 0.1) is 6.10 Å². The minimum Gasteiger partial charge on any atom is -0.393 e. The van der Waals surface area contributed by atoms with Crippen molar-refractivity contribution in [2.45, 2.75) is 18.9 Å². The first kappa shape index (κ1) is 9.50. The van der Waals surface area contributed by atoms with E-state index in [9.17, 15) is 0 Å². The summed E-state index contributed by atoms with van der Waals surface area (Å²) in [6, 6.07) is 0. The van der Waals surface area contributed by atoms with Gasteiger partial charge in [0.15, 0.2) is 0 Å². The maximum absolute atomic E-state index is 9.00. The van der Waals surface area contributed by atoms with Gasteiger partial charge in [-0.1, -0.05) is 0 Å². The molecular formula is C6H13NOV. The summed E-state index contributed by atoms with van der Waals surface area (Å²) in [5.74, 6) is 0. The number of aliphatic hydroxyl groups excluding tert-OH is 1. The molecule has 0 aromatic heterocycles. The van der Waals surface area contributed by atoms with E-state index in [1.165, 1.54) is 0 Å². The van der Waals surface area contributed by atoms with Gasteiger partial charge in [-0.25, -0.2) is 0 Å². The Morgan fingerprint density at radius 2 is 1.78 bits per heavy atom. The molecule has 0 aliphatic carbocycles. The molecule has 1 radical (unpaired) electrons. The Bertz CT molecular complexity index is 61.5. The van der Waals surface area contributed by atoms with E-state index >= 15 is 0 Å². The molecule has 2 nitrogen and oxygen atoms in total. The summed E-state index contributed by atoms with van der Waals surface area (Å²) < 4.78 is 0. The van der Waals surface area contributed by atoms with E-state index in [2.05, 4.69) is 11.9 Å². The second kappa shape index (κ2) is 4.34. The number of hydrogen-bond acceptors (Lipinski definition) is 2. The molecule has 1 aliphatic heterocycles. The molecule has 0 amide bonds. The van der Waals surface area contributed by atoms with Gasteiger partial charge in [-0.2, -0.15) is 0 Å². The molecule has 0 saturated carbocycles. The minimum atomic E-state index is -0.0220. The molecular weight excluding hydrogens is 153 g/mol. The Balaban J connectivity index is 0.000000640. The van der Waals surface area contributed by atoms with Crippen LogP contribution in [0.1, 0.15) is 12.8 Å². The molecule has 0 bridgehead atoms. The van der Waals surface area contributed by atoms with Crippen LogP contribution in [0, 0.1) is 0 Å². The number of piperidine rings is 1. The third-order valence-electron chi connectivity index (χ3n) is 1.69. The predicted octanol–water partition coefficient (Wildman–Crippen LogP) is 0.0704. The molecule has 1 saturated heterocycles. The van der Waals surface area contributed by atoms with Crippen LogP contribution in [-0.4, -0.2) is 36.2 Å². The number of nitrogens with zero attached hydrogens (tertiary/aromatic N) is 1. The zero-order valence-electron chi connectivity index (χ0n) is 5.75. The monoisotopic (exact) mass is 166 g/mol. The maximum Gasteiger partial charge on any atom is 0.0564 e. The van der Waals surface area contributed by atoms with E-state index in [-0.39, 0.29) is 24.7 Å². The summed E-state index contributed by atoms with van der Waals surface area (Å²) >= 11 is 0. The summed E-state index contributed by atoms with van der Waals surface area (Å²) in [4.78, 5) is 2.24. The van der Waals surface area contributed by atoms with Gasteiger partial charge in [0, 0.05) is 31.6 Å². The fraction of sp³-hybridized carbons (Fsp3) is 1.00. The molecule has 1 aliphatic rings. The van der Waals surface area contributed by atoms with Crippen molar-refractivity contribution in [2.24, 2.45) is 0 Å². The van der Waals surface area contributed by atoms with Gasteiger partial charge in [0.25, 0.3) is 0 Å². The molecule has 0 aromatic rings. The van der Waals surface area contributed by atoms with Crippen LogP contribution in [0.15, 0.2) is 0 Å². The topological polar surface area (TPSA) is 23.5 Å². The molecule has 0 aromatic carbocycles. The van der Waals surface area contributed by atoms with E-state index in [0.717, 1.165) is 25.9 Å². The minimum absolute atomic E-state index is 0.